The molecule has 1 saturated heterocycles. The van der Waals surface area contributed by atoms with Crippen molar-refractivity contribution < 1.29 is 9.32 Å². The molecule has 0 aromatic carbocycles. The van der Waals surface area contributed by atoms with E-state index in [1.54, 1.807) is 6.20 Å². The average Bonchev–Trinajstić information content (AvgIpc) is 3.22. The number of amides is 1. The van der Waals surface area contributed by atoms with Crippen molar-refractivity contribution >= 4 is 5.91 Å². The maximum absolute atomic E-state index is 12.5. The van der Waals surface area contributed by atoms with Gasteiger partial charge in [-0.15, -0.1) is 0 Å². The molecule has 0 unspecified atom stereocenters. The number of likely N-dealkylation sites (tertiary alicyclic amines) is 1. The lowest BCUT2D eigenvalue weighted by atomic mass is 10.1. The van der Waals surface area contributed by atoms with E-state index in [-0.39, 0.29) is 11.9 Å². The van der Waals surface area contributed by atoms with Gasteiger partial charge in [0.1, 0.15) is 5.76 Å². The molecule has 1 fully saturated rings. The van der Waals surface area contributed by atoms with Crippen LogP contribution in [0.2, 0.25) is 0 Å². The maximum atomic E-state index is 12.5. The van der Waals surface area contributed by atoms with Crippen LogP contribution in [-0.4, -0.2) is 38.3 Å². The molecule has 6 heteroatoms. The summed E-state index contributed by atoms with van der Waals surface area (Å²) >= 11 is 0. The lowest BCUT2D eigenvalue weighted by molar-refractivity contribution is -0.132. The molecule has 0 spiro atoms. The van der Waals surface area contributed by atoms with E-state index in [1.165, 1.54) is 0 Å². The van der Waals surface area contributed by atoms with Crippen LogP contribution in [0.3, 0.4) is 0 Å². The molecule has 1 aliphatic heterocycles. The summed E-state index contributed by atoms with van der Waals surface area (Å²) in [6.07, 6.45) is 7.06. The molecule has 3 heterocycles. The number of carbonyl (C=O) groups is 1. The molecule has 0 saturated carbocycles. The number of nitrogens with zero attached hydrogens (tertiary/aromatic N) is 4. The highest BCUT2D eigenvalue weighted by Gasteiger charge is 2.29. The minimum atomic E-state index is 0.217. The molecule has 0 bridgehead atoms. The summed E-state index contributed by atoms with van der Waals surface area (Å²) < 4.78 is 7.07. The van der Waals surface area contributed by atoms with Crippen molar-refractivity contribution in [2.75, 3.05) is 6.54 Å². The fourth-order valence-corrected chi connectivity index (χ4v) is 3.21. The van der Waals surface area contributed by atoms with Gasteiger partial charge in [0.25, 0.3) is 0 Å². The molecule has 1 atom stereocenters. The predicted molar refractivity (Wildman–Crippen MR) is 81.3 cm³/mol. The molecule has 1 aliphatic rings. The topological polar surface area (TPSA) is 64.2 Å². The van der Waals surface area contributed by atoms with E-state index in [1.807, 2.05) is 35.7 Å². The fourth-order valence-electron chi connectivity index (χ4n) is 3.21. The maximum Gasteiger partial charge on any atom is 0.223 e. The van der Waals surface area contributed by atoms with E-state index in [0.29, 0.717) is 12.8 Å². The molecule has 118 valence electrons. The zero-order valence-corrected chi connectivity index (χ0v) is 13.2. The van der Waals surface area contributed by atoms with E-state index in [2.05, 4.69) is 10.3 Å². The lowest BCUT2D eigenvalue weighted by Gasteiger charge is -2.24. The van der Waals surface area contributed by atoms with Gasteiger partial charge in [-0.2, -0.15) is 5.10 Å². The molecule has 0 N–H and O–H groups in total. The Kier molecular flexibility index (Phi) is 4.27. The Labute approximate surface area is 130 Å². The molecule has 6 nitrogen and oxygen atoms in total. The molecule has 22 heavy (non-hydrogen) atoms. The SMILES string of the molecule is Cc1noc(C)c1CCC(=O)N1CCC[C@H]1Cn1cccn1. The standard InChI is InChI=1S/C16H22N4O2/c1-12-15(13(2)22-18-12)6-7-16(21)20-10-3-5-14(20)11-19-9-4-8-17-19/h4,8-9,14H,3,5-7,10-11H2,1-2H3/t14-/m0/s1. The molecule has 3 rings (SSSR count). The Morgan fingerprint density at radius 3 is 3.00 bits per heavy atom. The highest BCUT2D eigenvalue weighted by molar-refractivity contribution is 5.77. The minimum Gasteiger partial charge on any atom is -0.361 e. The number of carbonyl (C=O) groups excluding carboxylic acids is 1. The van der Waals surface area contributed by atoms with Gasteiger partial charge in [-0.05, 0) is 39.2 Å². The van der Waals surface area contributed by atoms with Crippen LogP contribution in [0.25, 0.3) is 0 Å². The van der Waals surface area contributed by atoms with Crippen LogP contribution in [0.15, 0.2) is 23.0 Å². The Morgan fingerprint density at radius 2 is 2.32 bits per heavy atom. The van der Waals surface area contributed by atoms with E-state index >= 15 is 0 Å². The van der Waals surface area contributed by atoms with E-state index < -0.39 is 0 Å². The first-order valence-corrected chi connectivity index (χ1v) is 7.84. The average molecular weight is 302 g/mol. The van der Waals surface area contributed by atoms with Gasteiger partial charge in [-0.1, -0.05) is 5.16 Å². The first kappa shape index (κ1) is 14.8. The Morgan fingerprint density at radius 1 is 1.45 bits per heavy atom. The quantitative estimate of drug-likeness (QED) is 0.848. The van der Waals surface area contributed by atoms with Gasteiger partial charge < -0.3 is 9.42 Å². The Bertz CT molecular complexity index is 613. The third-order valence-corrected chi connectivity index (χ3v) is 4.42. The number of rotatable bonds is 5. The van der Waals surface area contributed by atoms with Crippen LogP contribution in [-0.2, 0) is 17.8 Å². The van der Waals surface area contributed by atoms with Crippen LogP contribution >= 0.6 is 0 Å². The van der Waals surface area contributed by atoms with Crippen LogP contribution in [0.5, 0.6) is 0 Å². The molecule has 1 amide bonds. The molecule has 2 aromatic rings. The van der Waals surface area contributed by atoms with Gasteiger partial charge in [0.05, 0.1) is 18.3 Å². The van der Waals surface area contributed by atoms with Crippen molar-refractivity contribution in [3.8, 4) is 0 Å². The van der Waals surface area contributed by atoms with E-state index in [0.717, 1.165) is 42.9 Å². The molecule has 0 radical (unpaired) electrons. The second-order valence-electron chi connectivity index (χ2n) is 5.91. The number of aryl methyl sites for hydroxylation is 2. The molecular formula is C16H22N4O2. The predicted octanol–water partition coefficient (Wildman–Crippen LogP) is 2.11. The van der Waals surface area contributed by atoms with Gasteiger partial charge in [0.15, 0.2) is 0 Å². The van der Waals surface area contributed by atoms with Gasteiger partial charge in [0.2, 0.25) is 5.91 Å². The van der Waals surface area contributed by atoms with Crippen LogP contribution in [0.4, 0.5) is 0 Å². The van der Waals surface area contributed by atoms with E-state index in [9.17, 15) is 4.79 Å². The zero-order valence-electron chi connectivity index (χ0n) is 13.2. The second kappa shape index (κ2) is 6.34. The summed E-state index contributed by atoms with van der Waals surface area (Å²) in [4.78, 5) is 14.6. The third kappa shape index (κ3) is 3.05. The van der Waals surface area contributed by atoms with E-state index in [4.69, 9.17) is 4.52 Å². The van der Waals surface area contributed by atoms with Gasteiger partial charge in [-0.3, -0.25) is 9.48 Å². The fraction of sp³-hybridized carbons (Fsp3) is 0.562. The highest BCUT2D eigenvalue weighted by Crippen LogP contribution is 2.21. The van der Waals surface area contributed by atoms with Crippen molar-refractivity contribution in [2.24, 2.45) is 0 Å². The van der Waals surface area contributed by atoms with Crippen molar-refractivity contribution in [1.29, 1.82) is 0 Å². The van der Waals surface area contributed by atoms with Gasteiger partial charge in [0, 0.05) is 30.9 Å². The smallest absolute Gasteiger partial charge is 0.223 e. The minimum absolute atomic E-state index is 0.217. The third-order valence-electron chi connectivity index (χ3n) is 4.42. The summed E-state index contributed by atoms with van der Waals surface area (Å²) in [5.41, 5.74) is 1.95. The van der Waals surface area contributed by atoms with Crippen molar-refractivity contribution in [2.45, 2.75) is 52.1 Å². The second-order valence-corrected chi connectivity index (χ2v) is 5.91. The Hall–Kier alpha value is -2.11. The summed E-state index contributed by atoms with van der Waals surface area (Å²) in [6, 6.07) is 2.18. The van der Waals surface area contributed by atoms with Crippen LogP contribution in [0.1, 0.15) is 36.3 Å². The Balaban J connectivity index is 1.59. The number of hydrogen-bond acceptors (Lipinski definition) is 4. The summed E-state index contributed by atoms with van der Waals surface area (Å²) in [5.74, 6) is 1.04. The first-order chi connectivity index (χ1) is 10.6. The van der Waals surface area contributed by atoms with Crippen molar-refractivity contribution in [3.63, 3.8) is 0 Å². The molecule has 2 aromatic heterocycles. The van der Waals surface area contributed by atoms with Crippen molar-refractivity contribution in [1.82, 2.24) is 19.8 Å². The first-order valence-electron chi connectivity index (χ1n) is 7.84. The molecule has 0 aliphatic carbocycles. The van der Waals surface area contributed by atoms with Crippen LogP contribution in [0, 0.1) is 13.8 Å². The highest BCUT2D eigenvalue weighted by atomic mass is 16.5. The lowest BCUT2D eigenvalue weighted by Crippen LogP contribution is -2.38. The van der Waals surface area contributed by atoms with Crippen LogP contribution < -0.4 is 0 Å². The monoisotopic (exact) mass is 302 g/mol. The number of aromatic nitrogens is 3. The normalized spacial score (nSPS) is 18.1. The summed E-state index contributed by atoms with van der Waals surface area (Å²) in [7, 11) is 0. The summed E-state index contributed by atoms with van der Waals surface area (Å²) in [6.45, 7) is 5.46. The largest absolute Gasteiger partial charge is 0.361 e. The van der Waals surface area contributed by atoms with Gasteiger partial charge in [-0.25, -0.2) is 0 Å². The van der Waals surface area contributed by atoms with Gasteiger partial charge >= 0.3 is 0 Å². The van der Waals surface area contributed by atoms with Crippen molar-refractivity contribution in [3.05, 3.63) is 35.5 Å². The zero-order chi connectivity index (χ0) is 15.5. The summed E-state index contributed by atoms with van der Waals surface area (Å²) in [5, 5.41) is 8.19. The molecular weight excluding hydrogens is 280 g/mol. The number of hydrogen-bond donors (Lipinski definition) is 0.